The van der Waals surface area contributed by atoms with Crippen LogP contribution in [0.15, 0.2) is 60.7 Å². The molecule has 0 saturated heterocycles. The summed E-state index contributed by atoms with van der Waals surface area (Å²) in [6, 6.07) is 19.8. The maximum absolute atomic E-state index is 11.3. The van der Waals surface area contributed by atoms with Crippen molar-refractivity contribution in [2.24, 2.45) is 0 Å². The van der Waals surface area contributed by atoms with Gasteiger partial charge in [-0.3, -0.25) is 10.1 Å². The number of nitro groups is 1. The van der Waals surface area contributed by atoms with Gasteiger partial charge in [0.05, 0.1) is 9.62 Å². The SMILES string of the molecule is O=[N+]([O-])c1cccc2sc(-c3cccc4c3Cc3ccccc3-4)nc12. The summed E-state index contributed by atoms with van der Waals surface area (Å²) in [6.07, 6.45) is 0.875. The molecule has 0 N–H and O–H groups in total. The monoisotopic (exact) mass is 344 g/mol. The van der Waals surface area contributed by atoms with Crippen molar-refractivity contribution in [2.45, 2.75) is 6.42 Å². The fraction of sp³-hybridized carbons (Fsp3) is 0.0500. The van der Waals surface area contributed by atoms with Crippen molar-refractivity contribution in [3.8, 4) is 21.7 Å². The lowest BCUT2D eigenvalue weighted by molar-refractivity contribution is -0.383. The number of benzene rings is 3. The molecule has 5 rings (SSSR count). The largest absolute Gasteiger partial charge is 0.296 e. The number of nitro benzene ring substituents is 1. The number of para-hydroxylation sites is 1. The minimum Gasteiger partial charge on any atom is -0.258 e. The third kappa shape index (κ3) is 2.09. The van der Waals surface area contributed by atoms with Gasteiger partial charge in [-0.05, 0) is 34.7 Å². The van der Waals surface area contributed by atoms with Crippen LogP contribution in [0, 0.1) is 10.1 Å². The predicted molar refractivity (Wildman–Crippen MR) is 100.0 cm³/mol. The molecule has 3 aromatic carbocycles. The van der Waals surface area contributed by atoms with Gasteiger partial charge in [0.2, 0.25) is 0 Å². The fourth-order valence-electron chi connectivity index (χ4n) is 3.55. The molecule has 0 spiro atoms. The molecule has 0 aliphatic heterocycles. The van der Waals surface area contributed by atoms with Gasteiger partial charge in [0, 0.05) is 11.6 Å². The first-order chi connectivity index (χ1) is 12.2. The van der Waals surface area contributed by atoms with Gasteiger partial charge in [0.25, 0.3) is 5.69 Å². The van der Waals surface area contributed by atoms with Crippen LogP contribution in [0.3, 0.4) is 0 Å². The molecule has 1 aromatic heterocycles. The number of hydrogen-bond donors (Lipinski definition) is 0. The summed E-state index contributed by atoms with van der Waals surface area (Å²) in [5.41, 5.74) is 6.69. The second-order valence-electron chi connectivity index (χ2n) is 6.07. The molecule has 120 valence electrons. The van der Waals surface area contributed by atoms with E-state index in [-0.39, 0.29) is 10.6 Å². The second-order valence-corrected chi connectivity index (χ2v) is 7.10. The van der Waals surface area contributed by atoms with Crippen LogP contribution < -0.4 is 0 Å². The molecule has 0 bridgehead atoms. The van der Waals surface area contributed by atoms with Gasteiger partial charge < -0.3 is 0 Å². The van der Waals surface area contributed by atoms with Gasteiger partial charge in [-0.2, -0.15) is 0 Å². The maximum Gasteiger partial charge on any atom is 0.296 e. The van der Waals surface area contributed by atoms with E-state index in [1.54, 1.807) is 6.07 Å². The van der Waals surface area contributed by atoms with Gasteiger partial charge in [0.15, 0.2) is 5.52 Å². The molecule has 0 fully saturated rings. The number of nitrogens with zero attached hydrogens (tertiary/aromatic N) is 2. The van der Waals surface area contributed by atoms with Gasteiger partial charge in [-0.25, -0.2) is 4.98 Å². The maximum atomic E-state index is 11.3. The Morgan fingerprint density at radius 2 is 1.68 bits per heavy atom. The highest BCUT2D eigenvalue weighted by molar-refractivity contribution is 7.21. The first-order valence-electron chi connectivity index (χ1n) is 7.97. The Morgan fingerprint density at radius 3 is 2.56 bits per heavy atom. The summed E-state index contributed by atoms with van der Waals surface area (Å²) in [7, 11) is 0. The van der Waals surface area contributed by atoms with Crippen molar-refractivity contribution in [2.75, 3.05) is 0 Å². The first-order valence-corrected chi connectivity index (χ1v) is 8.78. The molecule has 0 radical (unpaired) electrons. The van der Waals surface area contributed by atoms with Crippen molar-refractivity contribution in [1.82, 2.24) is 4.98 Å². The van der Waals surface area contributed by atoms with E-state index in [9.17, 15) is 10.1 Å². The van der Waals surface area contributed by atoms with E-state index in [1.807, 2.05) is 12.1 Å². The number of hydrogen-bond acceptors (Lipinski definition) is 4. The Balaban J connectivity index is 1.73. The van der Waals surface area contributed by atoms with E-state index in [0.717, 1.165) is 21.7 Å². The summed E-state index contributed by atoms with van der Waals surface area (Å²) in [5.74, 6) is 0. The van der Waals surface area contributed by atoms with Crippen LogP contribution in [-0.4, -0.2) is 9.91 Å². The molecule has 0 atom stereocenters. The van der Waals surface area contributed by atoms with E-state index >= 15 is 0 Å². The lowest BCUT2D eigenvalue weighted by atomic mass is 10.0. The Labute approximate surface area is 147 Å². The third-order valence-electron chi connectivity index (χ3n) is 4.68. The number of thiazole rings is 1. The minimum absolute atomic E-state index is 0.0656. The molecule has 4 aromatic rings. The van der Waals surface area contributed by atoms with Crippen LogP contribution in [0.5, 0.6) is 0 Å². The highest BCUT2D eigenvalue weighted by atomic mass is 32.1. The highest BCUT2D eigenvalue weighted by Gasteiger charge is 2.23. The normalized spacial score (nSPS) is 12.2. The van der Waals surface area contributed by atoms with Gasteiger partial charge >= 0.3 is 0 Å². The Morgan fingerprint density at radius 1 is 0.920 bits per heavy atom. The van der Waals surface area contributed by atoms with Crippen molar-refractivity contribution in [3.63, 3.8) is 0 Å². The molecular formula is C20H12N2O2S. The number of rotatable bonds is 2. The van der Waals surface area contributed by atoms with Crippen molar-refractivity contribution in [1.29, 1.82) is 0 Å². The van der Waals surface area contributed by atoms with Gasteiger partial charge in [-0.1, -0.05) is 48.5 Å². The first kappa shape index (κ1) is 14.3. The summed E-state index contributed by atoms with van der Waals surface area (Å²) < 4.78 is 0.845. The summed E-state index contributed by atoms with van der Waals surface area (Å²) in [6.45, 7) is 0. The molecule has 1 aliphatic rings. The standard InChI is InChI=1S/C20H12N2O2S/c23-22(24)17-9-4-10-18-19(17)21-20(25-18)15-8-3-7-14-13-6-2-1-5-12(13)11-16(14)15/h1-10H,11H2. The van der Waals surface area contributed by atoms with Crippen molar-refractivity contribution < 1.29 is 4.92 Å². The summed E-state index contributed by atoms with van der Waals surface area (Å²) in [4.78, 5) is 15.5. The zero-order valence-corrected chi connectivity index (χ0v) is 13.9. The quantitative estimate of drug-likeness (QED) is 0.316. The molecule has 25 heavy (non-hydrogen) atoms. The Bertz CT molecular complexity index is 1160. The molecule has 1 aliphatic carbocycles. The topological polar surface area (TPSA) is 56.0 Å². The molecule has 0 amide bonds. The zero-order valence-electron chi connectivity index (χ0n) is 13.1. The summed E-state index contributed by atoms with van der Waals surface area (Å²) in [5, 5.41) is 12.1. The van der Waals surface area contributed by atoms with Crippen LogP contribution >= 0.6 is 11.3 Å². The average Bonchev–Trinajstić information content (AvgIpc) is 3.22. The van der Waals surface area contributed by atoms with E-state index in [2.05, 4.69) is 41.4 Å². The lowest BCUT2D eigenvalue weighted by Crippen LogP contribution is -1.89. The van der Waals surface area contributed by atoms with Crippen molar-refractivity contribution in [3.05, 3.63) is 81.9 Å². The number of aromatic nitrogens is 1. The van der Waals surface area contributed by atoms with Crippen LogP contribution in [0.25, 0.3) is 31.9 Å². The molecule has 4 nitrogen and oxygen atoms in total. The second kappa shape index (κ2) is 5.22. The fourth-order valence-corrected chi connectivity index (χ4v) is 4.59. The van der Waals surface area contributed by atoms with Crippen LogP contribution in [0.2, 0.25) is 0 Å². The molecule has 0 unspecified atom stereocenters. The van der Waals surface area contributed by atoms with E-state index < -0.39 is 0 Å². The highest BCUT2D eigenvalue weighted by Crippen LogP contribution is 2.43. The Kier molecular flexibility index (Phi) is 2.99. The zero-order chi connectivity index (χ0) is 17.0. The molecule has 0 saturated carbocycles. The average molecular weight is 344 g/mol. The van der Waals surface area contributed by atoms with Crippen LogP contribution in [0.1, 0.15) is 11.1 Å². The Hall–Kier alpha value is -3.05. The van der Waals surface area contributed by atoms with Gasteiger partial charge in [-0.15, -0.1) is 11.3 Å². The third-order valence-corrected chi connectivity index (χ3v) is 5.73. The van der Waals surface area contributed by atoms with Gasteiger partial charge in [0.1, 0.15) is 5.01 Å². The molecular weight excluding hydrogens is 332 g/mol. The van der Waals surface area contributed by atoms with E-state index in [4.69, 9.17) is 0 Å². The number of non-ortho nitro benzene ring substituents is 1. The minimum atomic E-state index is -0.364. The molecule has 5 heteroatoms. The number of fused-ring (bicyclic) bond motifs is 4. The van der Waals surface area contributed by atoms with Crippen LogP contribution in [-0.2, 0) is 6.42 Å². The smallest absolute Gasteiger partial charge is 0.258 e. The summed E-state index contributed by atoms with van der Waals surface area (Å²) >= 11 is 1.51. The van der Waals surface area contributed by atoms with E-state index in [1.165, 1.54) is 39.7 Å². The molecule has 1 heterocycles. The lowest BCUT2D eigenvalue weighted by Gasteiger charge is -2.05. The van der Waals surface area contributed by atoms with Crippen LogP contribution in [0.4, 0.5) is 5.69 Å². The van der Waals surface area contributed by atoms with E-state index in [0.29, 0.717) is 5.52 Å². The van der Waals surface area contributed by atoms with Crippen molar-refractivity contribution >= 4 is 27.2 Å². The predicted octanol–water partition coefficient (Wildman–Crippen LogP) is 5.44.